The quantitative estimate of drug-likeness (QED) is 0.821. The van der Waals surface area contributed by atoms with E-state index in [0.717, 1.165) is 30.4 Å². The van der Waals surface area contributed by atoms with E-state index in [-0.39, 0.29) is 5.91 Å². The van der Waals surface area contributed by atoms with Crippen LogP contribution in [0.15, 0.2) is 22.7 Å². The van der Waals surface area contributed by atoms with Crippen LogP contribution in [0.25, 0.3) is 0 Å². The first-order valence-electron chi connectivity index (χ1n) is 6.40. The zero-order valence-corrected chi connectivity index (χ0v) is 13.5. The van der Waals surface area contributed by atoms with Crippen LogP contribution in [0.4, 0.5) is 0 Å². The molecule has 0 atom stereocenters. The number of rotatable bonds is 2. The number of likely N-dealkylation sites (tertiary alicyclic amines) is 1. The molecule has 104 valence electrons. The van der Waals surface area contributed by atoms with E-state index in [1.807, 2.05) is 4.90 Å². The van der Waals surface area contributed by atoms with Crippen LogP contribution in [-0.2, 0) is 0 Å². The van der Waals surface area contributed by atoms with Crippen molar-refractivity contribution in [3.05, 3.63) is 33.3 Å². The molecule has 0 saturated carbocycles. The third-order valence-electron chi connectivity index (χ3n) is 3.64. The third kappa shape index (κ3) is 3.50. The topological polar surface area (TPSA) is 23.6 Å². The number of nitrogens with zero attached hydrogens (tertiary/aromatic N) is 2. The average molecular weight is 346 g/mol. The molecule has 1 saturated heterocycles. The van der Waals surface area contributed by atoms with Crippen molar-refractivity contribution in [3.8, 4) is 0 Å². The molecule has 0 unspecified atom stereocenters. The molecule has 0 aliphatic carbocycles. The Hall–Kier alpha value is -0.580. The van der Waals surface area contributed by atoms with Gasteiger partial charge in [0.2, 0.25) is 0 Å². The predicted molar refractivity (Wildman–Crippen MR) is 81.8 cm³/mol. The Bertz CT molecular complexity index is 471. The highest BCUT2D eigenvalue weighted by atomic mass is 79.9. The maximum Gasteiger partial charge on any atom is 0.255 e. The molecule has 1 aliphatic rings. The zero-order chi connectivity index (χ0) is 14.0. The Labute approximate surface area is 127 Å². The van der Waals surface area contributed by atoms with E-state index < -0.39 is 0 Å². The van der Waals surface area contributed by atoms with E-state index in [1.54, 1.807) is 18.2 Å². The van der Waals surface area contributed by atoms with Gasteiger partial charge in [-0.15, -0.1) is 0 Å². The standard InChI is InChI=1S/C14H18BrClN2O/c1-17(2)11-5-7-18(8-6-11)14(19)12-4-3-10(16)9-13(12)15/h3-4,9,11H,5-8H2,1-2H3. The van der Waals surface area contributed by atoms with Crippen molar-refractivity contribution in [2.24, 2.45) is 0 Å². The lowest BCUT2D eigenvalue weighted by Crippen LogP contribution is -2.44. The molecule has 1 amide bonds. The van der Waals surface area contributed by atoms with Gasteiger partial charge in [-0.05, 0) is 61.1 Å². The van der Waals surface area contributed by atoms with Crippen LogP contribution >= 0.6 is 27.5 Å². The molecule has 0 spiro atoms. The molecular formula is C14H18BrClN2O. The maximum atomic E-state index is 12.4. The van der Waals surface area contributed by atoms with Gasteiger partial charge in [0.05, 0.1) is 5.56 Å². The molecule has 1 heterocycles. The summed E-state index contributed by atoms with van der Waals surface area (Å²) in [6, 6.07) is 5.89. The summed E-state index contributed by atoms with van der Waals surface area (Å²) in [7, 11) is 4.19. The molecule has 1 aliphatic heterocycles. The van der Waals surface area contributed by atoms with Gasteiger partial charge < -0.3 is 9.80 Å². The van der Waals surface area contributed by atoms with E-state index in [0.29, 0.717) is 16.6 Å². The van der Waals surface area contributed by atoms with Gasteiger partial charge in [-0.1, -0.05) is 11.6 Å². The Morgan fingerprint density at radius 1 is 1.37 bits per heavy atom. The summed E-state index contributed by atoms with van der Waals surface area (Å²) in [5, 5.41) is 0.634. The molecule has 0 radical (unpaired) electrons. The second-order valence-electron chi connectivity index (χ2n) is 5.11. The highest BCUT2D eigenvalue weighted by molar-refractivity contribution is 9.10. The number of piperidine rings is 1. The van der Waals surface area contributed by atoms with Crippen LogP contribution < -0.4 is 0 Å². The Morgan fingerprint density at radius 2 is 2.00 bits per heavy atom. The number of halogens is 2. The van der Waals surface area contributed by atoms with Crippen LogP contribution in [0.2, 0.25) is 5.02 Å². The van der Waals surface area contributed by atoms with E-state index in [4.69, 9.17) is 11.6 Å². The SMILES string of the molecule is CN(C)C1CCN(C(=O)c2ccc(Cl)cc2Br)CC1. The first-order chi connectivity index (χ1) is 8.99. The van der Waals surface area contributed by atoms with Crippen molar-refractivity contribution in [3.63, 3.8) is 0 Å². The number of hydrogen-bond donors (Lipinski definition) is 0. The van der Waals surface area contributed by atoms with E-state index in [9.17, 15) is 4.79 Å². The number of amides is 1. The smallest absolute Gasteiger partial charge is 0.255 e. The highest BCUT2D eigenvalue weighted by Crippen LogP contribution is 2.24. The van der Waals surface area contributed by atoms with Crippen LogP contribution in [0.3, 0.4) is 0 Å². The van der Waals surface area contributed by atoms with E-state index in [2.05, 4.69) is 34.9 Å². The van der Waals surface area contributed by atoms with E-state index in [1.165, 1.54) is 0 Å². The lowest BCUT2D eigenvalue weighted by atomic mass is 10.0. The van der Waals surface area contributed by atoms with Crippen molar-refractivity contribution in [1.29, 1.82) is 0 Å². The normalized spacial score (nSPS) is 17.0. The van der Waals surface area contributed by atoms with Crippen molar-refractivity contribution in [1.82, 2.24) is 9.80 Å². The van der Waals surface area contributed by atoms with Gasteiger partial charge in [-0.2, -0.15) is 0 Å². The molecule has 1 fully saturated rings. The number of benzene rings is 1. The molecule has 0 bridgehead atoms. The summed E-state index contributed by atoms with van der Waals surface area (Å²) < 4.78 is 0.764. The molecule has 1 aromatic carbocycles. The molecule has 3 nitrogen and oxygen atoms in total. The highest BCUT2D eigenvalue weighted by Gasteiger charge is 2.25. The van der Waals surface area contributed by atoms with Crippen LogP contribution in [0.1, 0.15) is 23.2 Å². The fourth-order valence-corrected chi connectivity index (χ4v) is 3.27. The summed E-state index contributed by atoms with van der Waals surface area (Å²) in [4.78, 5) is 16.6. The zero-order valence-electron chi connectivity index (χ0n) is 11.2. The molecule has 5 heteroatoms. The lowest BCUT2D eigenvalue weighted by molar-refractivity contribution is 0.0662. The summed E-state index contributed by atoms with van der Waals surface area (Å²) in [5.74, 6) is 0.0840. The number of hydrogen-bond acceptors (Lipinski definition) is 2. The summed E-state index contributed by atoms with van der Waals surface area (Å²) in [6.45, 7) is 1.63. The van der Waals surface area contributed by atoms with Crippen molar-refractivity contribution in [2.75, 3.05) is 27.2 Å². The summed E-state index contributed by atoms with van der Waals surface area (Å²) >= 11 is 9.31. The predicted octanol–water partition coefficient (Wildman–Crippen LogP) is 3.27. The second kappa shape index (κ2) is 6.25. The molecule has 1 aromatic rings. The minimum Gasteiger partial charge on any atom is -0.338 e. The Kier molecular flexibility index (Phi) is 4.87. The largest absolute Gasteiger partial charge is 0.338 e. The van der Waals surface area contributed by atoms with Crippen LogP contribution in [0, 0.1) is 0 Å². The van der Waals surface area contributed by atoms with Crippen LogP contribution in [-0.4, -0.2) is 48.9 Å². The first-order valence-corrected chi connectivity index (χ1v) is 7.57. The van der Waals surface area contributed by atoms with E-state index >= 15 is 0 Å². The summed E-state index contributed by atoms with van der Waals surface area (Å²) in [6.07, 6.45) is 2.06. The fourth-order valence-electron chi connectivity index (χ4n) is 2.42. The maximum absolute atomic E-state index is 12.4. The second-order valence-corrected chi connectivity index (χ2v) is 6.40. The average Bonchev–Trinajstić information content (AvgIpc) is 2.38. The van der Waals surface area contributed by atoms with Gasteiger partial charge in [-0.3, -0.25) is 4.79 Å². The molecule has 0 aromatic heterocycles. The van der Waals surface area contributed by atoms with Crippen molar-refractivity contribution in [2.45, 2.75) is 18.9 Å². The van der Waals surface area contributed by atoms with Gasteiger partial charge in [-0.25, -0.2) is 0 Å². The minimum atomic E-state index is 0.0840. The monoisotopic (exact) mass is 344 g/mol. The Morgan fingerprint density at radius 3 is 2.53 bits per heavy atom. The fraction of sp³-hybridized carbons (Fsp3) is 0.500. The van der Waals surface area contributed by atoms with Gasteiger partial charge in [0.25, 0.3) is 5.91 Å². The molecule has 2 rings (SSSR count). The van der Waals surface area contributed by atoms with Gasteiger partial charge in [0.1, 0.15) is 0 Å². The van der Waals surface area contributed by atoms with Gasteiger partial charge >= 0.3 is 0 Å². The lowest BCUT2D eigenvalue weighted by Gasteiger charge is -2.35. The molecule has 0 N–H and O–H groups in total. The molecular weight excluding hydrogens is 328 g/mol. The van der Waals surface area contributed by atoms with Crippen molar-refractivity contribution >= 4 is 33.4 Å². The minimum absolute atomic E-state index is 0.0840. The number of carbonyl (C=O) groups is 1. The van der Waals surface area contributed by atoms with Gasteiger partial charge in [0.15, 0.2) is 0 Å². The first kappa shape index (κ1) is 14.8. The summed E-state index contributed by atoms with van der Waals surface area (Å²) in [5.41, 5.74) is 0.688. The van der Waals surface area contributed by atoms with Crippen LogP contribution in [0.5, 0.6) is 0 Å². The van der Waals surface area contributed by atoms with Crippen molar-refractivity contribution < 1.29 is 4.79 Å². The third-order valence-corrected chi connectivity index (χ3v) is 4.53. The number of carbonyl (C=O) groups excluding carboxylic acids is 1. The Balaban J connectivity index is 2.05. The van der Waals surface area contributed by atoms with Gasteiger partial charge in [0, 0.05) is 28.6 Å². The molecule has 19 heavy (non-hydrogen) atoms.